The number of hydrogen-bond donors (Lipinski definition) is 1. The molecule has 0 aliphatic rings. The van der Waals surface area contributed by atoms with Crippen LogP contribution >= 0.6 is 0 Å². The van der Waals surface area contributed by atoms with E-state index in [0.29, 0.717) is 18.8 Å². The van der Waals surface area contributed by atoms with Gasteiger partial charge in [-0.3, -0.25) is 13.9 Å². The molecule has 180 valence electrons. The van der Waals surface area contributed by atoms with Crippen molar-refractivity contribution in [3.05, 3.63) is 59.7 Å². The Kier molecular flexibility index (Phi) is 9.28. The minimum Gasteiger partial charge on any atom is -0.492 e. The number of nitrogens with one attached hydrogen (secondary N) is 1. The first-order valence-electron chi connectivity index (χ1n) is 10.9. The molecule has 8 nitrogen and oxygen atoms in total. The summed E-state index contributed by atoms with van der Waals surface area (Å²) in [6, 6.07) is 13.5. The van der Waals surface area contributed by atoms with Gasteiger partial charge in [0.05, 0.1) is 18.6 Å². The summed E-state index contributed by atoms with van der Waals surface area (Å²) in [5.74, 6) is -0.424. The molecule has 9 heteroatoms. The molecule has 1 atom stereocenters. The highest BCUT2D eigenvalue weighted by atomic mass is 32.2. The molecule has 0 aromatic heterocycles. The topological polar surface area (TPSA) is 96.0 Å². The van der Waals surface area contributed by atoms with Crippen LogP contribution in [0.1, 0.15) is 31.4 Å². The molecule has 0 radical (unpaired) electrons. The van der Waals surface area contributed by atoms with Crippen LogP contribution in [0.3, 0.4) is 0 Å². The maximum atomic E-state index is 13.6. The summed E-state index contributed by atoms with van der Waals surface area (Å²) >= 11 is 0. The Morgan fingerprint density at radius 1 is 1.06 bits per heavy atom. The van der Waals surface area contributed by atoms with E-state index in [1.165, 1.54) is 11.9 Å². The van der Waals surface area contributed by atoms with E-state index in [1.807, 2.05) is 38.1 Å². The second-order valence-corrected chi connectivity index (χ2v) is 9.56. The van der Waals surface area contributed by atoms with Gasteiger partial charge in [-0.2, -0.15) is 0 Å². The van der Waals surface area contributed by atoms with Gasteiger partial charge >= 0.3 is 0 Å². The van der Waals surface area contributed by atoms with E-state index in [4.69, 9.17) is 4.74 Å². The van der Waals surface area contributed by atoms with Crippen LogP contribution in [-0.2, 0) is 26.2 Å². The van der Waals surface area contributed by atoms with Gasteiger partial charge in [0.25, 0.3) is 0 Å². The average molecular weight is 476 g/mol. The van der Waals surface area contributed by atoms with Crippen LogP contribution in [0.2, 0.25) is 0 Å². The van der Waals surface area contributed by atoms with E-state index in [2.05, 4.69) is 5.32 Å². The third kappa shape index (κ3) is 6.71. The quantitative estimate of drug-likeness (QED) is 0.539. The van der Waals surface area contributed by atoms with Gasteiger partial charge in [0, 0.05) is 13.6 Å². The van der Waals surface area contributed by atoms with Crippen LogP contribution < -0.4 is 14.4 Å². The minimum absolute atomic E-state index is 0.183. The van der Waals surface area contributed by atoms with Crippen LogP contribution in [0, 0.1) is 6.92 Å². The van der Waals surface area contributed by atoms with Gasteiger partial charge in [0.1, 0.15) is 18.3 Å². The molecule has 2 amide bonds. The molecule has 0 spiro atoms. The first-order chi connectivity index (χ1) is 15.6. The number of ether oxygens (including phenoxy) is 1. The Balaban J connectivity index is 2.49. The number of para-hydroxylation sites is 2. The lowest BCUT2D eigenvalue weighted by Gasteiger charge is -2.33. The monoisotopic (exact) mass is 475 g/mol. The first-order valence-corrected chi connectivity index (χ1v) is 12.7. The summed E-state index contributed by atoms with van der Waals surface area (Å²) in [5, 5.41) is 2.61. The molecule has 2 aromatic rings. The van der Waals surface area contributed by atoms with Crippen LogP contribution in [0.5, 0.6) is 5.75 Å². The zero-order valence-corrected chi connectivity index (χ0v) is 20.7. The molecule has 0 saturated carbocycles. The molecule has 0 heterocycles. The van der Waals surface area contributed by atoms with Gasteiger partial charge in [-0.25, -0.2) is 8.42 Å². The molecule has 0 fully saturated rings. The lowest BCUT2D eigenvalue weighted by atomic mass is 10.1. The summed E-state index contributed by atoms with van der Waals surface area (Å²) < 4.78 is 32.0. The van der Waals surface area contributed by atoms with Crippen LogP contribution in [0.4, 0.5) is 5.69 Å². The lowest BCUT2D eigenvalue weighted by molar-refractivity contribution is -0.140. The van der Waals surface area contributed by atoms with Crippen LogP contribution in [-0.4, -0.2) is 57.6 Å². The lowest BCUT2D eigenvalue weighted by Crippen LogP contribution is -2.51. The largest absolute Gasteiger partial charge is 0.492 e. The van der Waals surface area contributed by atoms with Crippen molar-refractivity contribution in [3.63, 3.8) is 0 Å². The highest BCUT2D eigenvalue weighted by Gasteiger charge is 2.32. The summed E-state index contributed by atoms with van der Waals surface area (Å²) in [6.07, 6.45) is 1.43. The standard InChI is InChI=1S/C24H33N3O5S/c1-6-20(24(29)25-4)26(16-19-13-9-8-12-18(19)3)23(28)17-27(33(5,30)31)21-14-10-11-15-22(21)32-7-2/h8-15,20H,6-7,16-17H2,1-5H3,(H,25,29)/t20-/m0/s1. The maximum absolute atomic E-state index is 13.6. The van der Waals surface area contributed by atoms with E-state index in [1.54, 1.807) is 31.2 Å². The number of benzene rings is 2. The van der Waals surface area contributed by atoms with Gasteiger partial charge in [-0.05, 0) is 43.5 Å². The molecule has 0 unspecified atom stereocenters. The van der Waals surface area contributed by atoms with Gasteiger partial charge in [0.15, 0.2) is 0 Å². The Hall–Kier alpha value is -3.07. The Bertz CT molecular complexity index is 1070. The third-order valence-electron chi connectivity index (χ3n) is 5.35. The molecule has 2 aromatic carbocycles. The average Bonchev–Trinajstić information content (AvgIpc) is 2.78. The highest BCUT2D eigenvalue weighted by molar-refractivity contribution is 7.92. The number of aryl methyl sites for hydroxylation is 1. The van der Waals surface area contributed by atoms with Crippen LogP contribution in [0.15, 0.2) is 48.5 Å². The SMILES string of the molecule is CCOc1ccccc1N(CC(=O)N(Cc1ccccc1C)[C@@H](CC)C(=O)NC)S(C)(=O)=O. The molecule has 0 aliphatic carbocycles. The number of carbonyl (C=O) groups excluding carboxylic acids is 2. The Morgan fingerprint density at radius 2 is 1.70 bits per heavy atom. The van der Waals surface area contributed by atoms with Crippen molar-refractivity contribution >= 4 is 27.5 Å². The fourth-order valence-corrected chi connectivity index (χ4v) is 4.45. The van der Waals surface area contributed by atoms with Gasteiger partial charge in [-0.1, -0.05) is 43.3 Å². The van der Waals surface area contributed by atoms with E-state index in [-0.39, 0.29) is 18.1 Å². The van der Waals surface area contributed by atoms with Crippen molar-refractivity contribution in [1.29, 1.82) is 0 Å². The van der Waals surface area contributed by atoms with Gasteiger partial charge in [0.2, 0.25) is 21.8 Å². The predicted octanol–water partition coefficient (Wildman–Crippen LogP) is 2.71. The fourth-order valence-electron chi connectivity index (χ4n) is 3.59. The second-order valence-electron chi connectivity index (χ2n) is 7.66. The van der Waals surface area contributed by atoms with Crippen molar-refractivity contribution in [2.24, 2.45) is 0 Å². The van der Waals surface area contributed by atoms with E-state index in [9.17, 15) is 18.0 Å². The molecule has 0 bridgehead atoms. The number of amides is 2. The zero-order valence-electron chi connectivity index (χ0n) is 19.9. The molecule has 0 saturated heterocycles. The zero-order chi connectivity index (χ0) is 24.6. The van der Waals surface area contributed by atoms with E-state index >= 15 is 0 Å². The summed E-state index contributed by atoms with van der Waals surface area (Å²) in [5.41, 5.74) is 2.14. The molecule has 1 N–H and O–H groups in total. The smallest absolute Gasteiger partial charge is 0.244 e. The van der Waals surface area contributed by atoms with Crippen molar-refractivity contribution in [2.75, 3.05) is 30.8 Å². The minimum atomic E-state index is -3.82. The number of hydrogen-bond acceptors (Lipinski definition) is 5. The summed E-state index contributed by atoms with van der Waals surface area (Å²) in [4.78, 5) is 27.6. The molecular formula is C24H33N3O5S. The molecule has 33 heavy (non-hydrogen) atoms. The first kappa shape index (κ1) is 26.2. The van der Waals surface area contributed by atoms with Gasteiger partial charge in [-0.15, -0.1) is 0 Å². The van der Waals surface area contributed by atoms with Crippen molar-refractivity contribution in [3.8, 4) is 5.75 Å². The van der Waals surface area contributed by atoms with Crippen molar-refractivity contribution in [1.82, 2.24) is 10.2 Å². The molecule has 0 aliphatic heterocycles. The van der Waals surface area contributed by atoms with Crippen LogP contribution in [0.25, 0.3) is 0 Å². The summed E-state index contributed by atoms with van der Waals surface area (Å²) in [7, 11) is -2.30. The number of sulfonamides is 1. The predicted molar refractivity (Wildman–Crippen MR) is 130 cm³/mol. The third-order valence-corrected chi connectivity index (χ3v) is 6.47. The Morgan fingerprint density at radius 3 is 2.27 bits per heavy atom. The van der Waals surface area contributed by atoms with E-state index < -0.39 is 28.5 Å². The fraction of sp³-hybridized carbons (Fsp3) is 0.417. The molecular weight excluding hydrogens is 442 g/mol. The normalized spacial score (nSPS) is 12.0. The van der Waals surface area contributed by atoms with Crippen molar-refractivity contribution in [2.45, 2.75) is 39.8 Å². The number of carbonyl (C=O) groups is 2. The van der Waals surface area contributed by atoms with E-state index in [0.717, 1.165) is 21.7 Å². The highest BCUT2D eigenvalue weighted by Crippen LogP contribution is 2.30. The molecule has 2 rings (SSSR count). The summed E-state index contributed by atoms with van der Waals surface area (Å²) in [6.45, 7) is 5.61. The number of rotatable bonds is 11. The van der Waals surface area contributed by atoms with Crippen molar-refractivity contribution < 1.29 is 22.7 Å². The maximum Gasteiger partial charge on any atom is 0.244 e. The number of likely N-dealkylation sites (N-methyl/N-ethyl adjacent to an activating group) is 1. The number of nitrogens with zero attached hydrogens (tertiary/aromatic N) is 2. The second kappa shape index (κ2) is 11.7. The van der Waals surface area contributed by atoms with Gasteiger partial charge < -0.3 is 15.0 Å². The number of anilines is 1. The Labute approximate surface area is 196 Å².